The fraction of sp³-hybridized carbons (Fsp3) is 0.700. The van der Waals surface area contributed by atoms with Gasteiger partial charge in [0.25, 0.3) is 0 Å². The lowest BCUT2D eigenvalue weighted by Gasteiger charge is -2.15. The maximum absolute atomic E-state index is 11.3. The van der Waals surface area contributed by atoms with Crippen LogP contribution in [0.5, 0.6) is 0 Å². The van der Waals surface area contributed by atoms with E-state index in [0.717, 1.165) is 0 Å². The monoisotopic (exact) mass is 245 g/mol. The first-order chi connectivity index (χ1) is 7.82. The third kappa shape index (κ3) is 8.06. The molecule has 0 spiro atoms. The molecule has 0 aromatic heterocycles. The molecule has 0 saturated carbocycles. The number of carbonyl (C=O) groups excluding carboxylic acids is 2. The molecule has 0 aromatic carbocycles. The zero-order valence-corrected chi connectivity index (χ0v) is 10.0. The number of rotatable bonds is 7. The van der Waals surface area contributed by atoms with Crippen LogP contribution in [0.3, 0.4) is 0 Å². The second-order valence-corrected chi connectivity index (χ2v) is 4.14. The van der Waals surface area contributed by atoms with Crippen LogP contribution in [0.25, 0.3) is 0 Å². The van der Waals surface area contributed by atoms with E-state index in [9.17, 15) is 14.4 Å². The highest BCUT2D eigenvalue weighted by atomic mass is 16.4. The molecule has 0 aromatic rings. The number of nitrogens with one attached hydrogen (secondary N) is 2. The average Bonchev–Trinajstić information content (AvgIpc) is 2.20. The summed E-state index contributed by atoms with van der Waals surface area (Å²) in [5.41, 5.74) is 4.91. The Kier molecular flexibility index (Phi) is 6.69. The summed E-state index contributed by atoms with van der Waals surface area (Å²) in [6.07, 6.45) is -0.0960. The van der Waals surface area contributed by atoms with E-state index in [-0.39, 0.29) is 18.8 Å². The van der Waals surface area contributed by atoms with Gasteiger partial charge >= 0.3 is 12.0 Å². The highest BCUT2D eigenvalue weighted by Crippen LogP contribution is 1.97. The lowest BCUT2D eigenvalue weighted by molar-refractivity contribution is -0.139. The van der Waals surface area contributed by atoms with Crippen LogP contribution in [0.1, 0.15) is 26.7 Å². The van der Waals surface area contributed by atoms with E-state index in [1.165, 1.54) is 0 Å². The first-order valence-corrected chi connectivity index (χ1v) is 5.38. The van der Waals surface area contributed by atoms with Gasteiger partial charge in [-0.1, -0.05) is 13.8 Å². The third-order valence-corrected chi connectivity index (χ3v) is 1.95. The highest BCUT2D eigenvalue weighted by molar-refractivity contribution is 5.83. The summed E-state index contributed by atoms with van der Waals surface area (Å²) in [6, 6.07) is -1.66. The maximum Gasteiger partial charge on any atom is 0.326 e. The van der Waals surface area contributed by atoms with E-state index < -0.39 is 23.9 Å². The van der Waals surface area contributed by atoms with Crippen molar-refractivity contribution in [3.05, 3.63) is 0 Å². The predicted molar refractivity (Wildman–Crippen MR) is 61.2 cm³/mol. The molecule has 98 valence electrons. The largest absolute Gasteiger partial charge is 0.480 e. The molecule has 17 heavy (non-hydrogen) atoms. The SMILES string of the molecule is CC(C)CNC(=O)N[C@@H](CCC(N)=O)C(=O)O. The Balaban J connectivity index is 4.11. The normalized spacial score (nSPS) is 11.9. The number of carbonyl (C=O) groups is 3. The second-order valence-electron chi connectivity index (χ2n) is 4.14. The molecule has 0 heterocycles. The molecular weight excluding hydrogens is 226 g/mol. The highest BCUT2D eigenvalue weighted by Gasteiger charge is 2.20. The predicted octanol–water partition coefficient (Wildman–Crippen LogP) is -0.340. The first kappa shape index (κ1) is 15.2. The van der Waals surface area contributed by atoms with Crippen LogP contribution in [-0.2, 0) is 9.59 Å². The van der Waals surface area contributed by atoms with Crippen molar-refractivity contribution in [2.45, 2.75) is 32.7 Å². The van der Waals surface area contributed by atoms with Crippen molar-refractivity contribution in [2.24, 2.45) is 11.7 Å². The van der Waals surface area contributed by atoms with E-state index in [1.807, 2.05) is 13.8 Å². The van der Waals surface area contributed by atoms with Crippen LogP contribution in [0, 0.1) is 5.92 Å². The standard InChI is InChI=1S/C10H19N3O4/c1-6(2)5-12-10(17)13-7(9(15)16)3-4-8(11)14/h6-7H,3-5H2,1-2H3,(H2,11,14)(H,15,16)(H2,12,13,17)/t7-/m0/s1. The Bertz CT molecular complexity index is 291. The molecule has 7 nitrogen and oxygen atoms in total. The summed E-state index contributed by atoms with van der Waals surface area (Å²) in [4.78, 5) is 32.6. The van der Waals surface area contributed by atoms with Gasteiger partial charge in [0.1, 0.15) is 6.04 Å². The molecule has 3 amide bonds. The number of hydrogen-bond donors (Lipinski definition) is 4. The van der Waals surface area contributed by atoms with Crippen molar-refractivity contribution in [3.63, 3.8) is 0 Å². The van der Waals surface area contributed by atoms with E-state index >= 15 is 0 Å². The molecular formula is C10H19N3O4. The lowest BCUT2D eigenvalue weighted by Crippen LogP contribution is -2.47. The van der Waals surface area contributed by atoms with Gasteiger partial charge in [-0.2, -0.15) is 0 Å². The molecule has 0 rings (SSSR count). The van der Waals surface area contributed by atoms with E-state index in [0.29, 0.717) is 6.54 Å². The van der Waals surface area contributed by atoms with Crippen molar-refractivity contribution in [1.82, 2.24) is 10.6 Å². The van der Waals surface area contributed by atoms with Crippen molar-refractivity contribution in [3.8, 4) is 0 Å². The van der Waals surface area contributed by atoms with Gasteiger partial charge in [0.2, 0.25) is 5.91 Å². The molecule has 1 atom stereocenters. The summed E-state index contributed by atoms with van der Waals surface area (Å²) in [5.74, 6) is -1.51. The summed E-state index contributed by atoms with van der Waals surface area (Å²) in [7, 11) is 0. The first-order valence-electron chi connectivity index (χ1n) is 5.38. The summed E-state index contributed by atoms with van der Waals surface area (Å²) in [5, 5.41) is 13.6. The summed E-state index contributed by atoms with van der Waals surface area (Å²) >= 11 is 0. The van der Waals surface area contributed by atoms with Crippen LogP contribution < -0.4 is 16.4 Å². The average molecular weight is 245 g/mol. The summed E-state index contributed by atoms with van der Waals surface area (Å²) in [6.45, 7) is 4.29. The van der Waals surface area contributed by atoms with Gasteiger partial charge in [-0.05, 0) is 12.3 Å². The Labute approximate surface area is 99.7 Å². The zero-order chi connectivity index (χ0) is 13.4. The van der Waals surface area contributed by atoms with Gasteiger partial charge in [0, 0.05) is 13.0 Å². The van der Waals surface area contributed by atoms with E-state index in [4.69, 9.17) is 10.8 Å². The van der Waals surface area contributed by atoms with Crippen molar-refractivity contribution in [1.29, 1.82) is 0 Å². The molecule has 7 heteroatoms. The number of carboxylic acids is 1. The number of amides is 3. The van der Waals surface area contributed by atoms with Crippen molar-refractivity contribution in [2.75, 3.05) is 6.54 Å². The van der Waals surface area contributed by atoms with Gasteiger partial charge in [0.05, 0.1) is 0 Å². The quantitative estimate of drug-likeness (QED) is 0.490. The Hall–Kier alpha value is -1.79. The minimum absolute atomic E-state index is 0.0141. The number of urea groups is 1. The van der Waals surface area contributed by atoms with E-state index in [2.05, 4.69) is 10.6 Å². The molecule has 0 aliphatic carbocycles. The number of aliphatic carboxylic acids is 1. The van der Waals surface area contributed by atoms with E-state index in [1.54, 1.807) is 0 Å². The van der Waals surface area contributed by atoms with Crippen LogP contribution >= 0.6 is 0 Å². The van der Waals surface area contributed by atoms with Crippen molar-refractivity contribution >= 4 is 17.9 Å². The van der Waals surface area contributed by atoms with Crippen LogP contribution in [0.4, 0.5) is 4.79 Å². The number of primary amides is 1. The minimum Gasteiger partial charge on any atom is -0.480 e. The number of carboxylic acid groups (broad SMARTS) is 1. The number of hydrogen-bond acceptors (Lipinski definition) is 3. The Morgan fingerprint density at radius 1 is 1.29 bits per heavy atom. The molecule has 0 unspecified atom stereocenters. The lowest BCUT2D eigenvalue weighted by atomic mass is 10.1. The van der Waals surface area contributed by atoms with Crippen LogP contribution in [0.15, 0.2) is 0 Å². The topological polar surface area (TPSA) is 122 Å². The molecule has 0 aliphatic rings. The van der Waals surface area contributed by atoms with Gasteiger partial charge in [-0.25, -0.2) is 9.59 Å². The fourth-order valence-electron chi connectivity index (χ4n) is 1.05. The maximum atomic E-state index is 11.3. The van der Waals surface area contributed by atoms with Crippen LogP contribution in [0.2, 0.25) is 0 Å². The van der Waals surface area contributed by atoms with Gasteiger partial charge in [-0.3, -0.25) is 4.79 Å². The van der Waals surface area contributed by atoms with Crippen molar-refractivity contribution < 1.29 is 19.5 Å². The fourth-order valence-corrected chi connectivity index (χ4v) is 1.05. The minimum atomic E-state index is -1.19. The zero-order valence-electron chi connectivity index (χ0n) is 10.0. The molecule has 0 aliphatic heterocycles. The van der Waals surface area contributed by atoms with Crippen LogP contribution in [-0.4, -0.2) is 35.6 Å². The molecule has 0 bridgehead atoms. The summed E-state index contributed by atoms with van der Waals surface area (Å²) < 4.78 is 0. The van der Waals surface area contributed by atoms with Gasteiger partial charge in [0.15, 0.2) is 0 Å². The molecule has 0 radical (unpaired) electrons. The number of nitrogens with two attached hydrogens (primary N) is 1. The Morgan fingerprint density at radius 3 is 2.29 bits per heavy atom. The third-order valence-electron chi connectivity index (χ3n) is 1.95. The molecule has 0 saturated heterocycles. The smallest absolute Gasteiger partial charge is 0.326 e. The second kappa shape index (κ2) is 7.48. The van der Waals surface area contributed by atoms with Gasteiger partial charge in [-0.15, -0.1) is 0 Å². The molecule has 5 N–H and O–H groups in total. The molecule has 0 fully saturated rings. The van der Waals surface area contributed by atoms with Gasteiger partial charge < -0.3 is 21.5 Å². The Morgan fingerprint density at radius 2 is 1.88 bits per heavy atom.